The third-order valence-corrected chi connectivity index (χ3v) is 9.52. The molecule has 2 bridgehead atoms. The molecule has 5 nitrogen and oxygen atoms in total. The van der Waals surface area contributed by atoms with Crippen molar-refractivity contribution in [1.29, 1.82) is 0 Å². The van der Waals surface area contributed by atoms with Crippen LogP contribution in [0.3, 0.4) is 0 Å². The fourth-order valence-corrected chi connectivity index (χ4v) is 7.89. The normalized spacial score (nSPS) is 24.6. The van der Waals surface area contributed by atoms with E-state index in [1.807, 2.05) is 97.1 Å². The standard InChI is InChI=1S/C32H23BrN2O3/c33-32-24-17-9-7-15-22(24)27(23-16-8-10-18-25(23)32)28-29(32)31(38)34(30(28)37)19-26(36)35(20-11-3-1-4-12-20)21-13-5-2-6-14-21/h1-18,27-29H,19H2/t27?,28-,29-,32?/m1/s1. The van der Waals surface area contributed by atoms with Crippen LogP contribution in [0, 0.1) is 11.8 Å². The van der Waals surface area contributed by atoms with Crippen molar-refractivity contribution < 1.29 is 14.4 Å². The van der Waals surface area contributed by atoms with Crippen LogP contribution < -0.4 is 4.90 Å². The molecule has 1 heterocycles. The topological polar surface area (TPSA) is 57.7 Å². The highest BCUT2D eigenvalue weighted by atomic mass is 79.9. The molecule has 4 aliphatic rings. The monoisotopic (exact) mass is 562 g/mol. The van der Waals surface area contributed by atoms with Gasteiger partial charge in [0.2, 0.25) is 11.8 Å². The van der Waals surface area contributed by atoms with E-state index < -0.39 is 16.2 Å². The molecule has 3 aliphatic carbocycles. The van der Waals surface area contributed by atoms with Crippen LogP contribution in [0.15, 0.2) is 109 Å². The summed E-state index contributed by atoms with van der Waals surface area (Å²) in [5, 5.41) is 0. The first-order valence-electron chi connectivity index (χ1n) is 12.7. The molecular weight excluding hydrogens is 540 g/mol. The minimum Gasteiger partial charge on any atom is -0.280 e. The van der Waals surface area contributed by atoms with E-state index in [9.17, 15) is 14.4 Å². The molecule has 4 aromatic rings. The number of para-hydroxylation sites is 2. The average Bonchev–Trinajstić information content (AvgIpc) is 3.21. The van der Waals surface area contributed by atoms with Crippen LogP contribution in [0.1, 0.15) is 28.2 Å². The summed E-state index contributed by atoms with van der Waals surface area (Å²) >= 11 is 4.01. The Morgan fingerprint density at radius 1 is 0.711 bits per heavy atom. The maximum Gasteiger partial charge on any atom is 0.251 e. The van der Waals surface area contributed by atoms with Crippen molar-refractivity contribution in [2.24, 2.45) is 11.8 Å². The molecule has 6 heteroatoms. The maximum atomic E-state index is 14.1. The number of imide groups is 1. The number of amides is 3. The lowest BCUT2D eigenvalue weighted by molar-refractivity contribution is -0.143. The Labute approximate surface area is 228 Å². The van der Waals surface area contributed by atoms with Gasteiger partial charge in [-0.05, 0) is 46.5 Å². The zero-order chi connectivity index (χ0) is 26.0. The number of rotatable bonds is 4. The molecular formula is C32H23BrN2O3. The Balaban J connectivity index is 1.30. The molecule has 0 N–H and O–H groups in total. The van der Waals surface area contributed by atoms with Gasteiger partial charge in [0.05, 0.1) is 16.2 Å². The zero-order valence-electron chi connectivity index (χ0n) is 20.3. The number of hydrogen-bond donors (Lipinski definition) is 0. The van der Waals surface area contributed by atoms with E-state index in [0.717, 1.165) is 22.3 Å². The fourth-order valence-electron chi connectivity index (χ4n) is 6.69. The van der Waals surface area contributed by atoms with Crippen molar-refractivity contribution in [3.63, 3.8) is 0 Å². The Hall–Kier alpha value is -4.03. The van der Waals surface area contributed by atoms with Crippen LogP contribution in [0.25, 0.3) is 0 Å². The summed E-state index contributed by atoms with van der Waals surface area (Å²) in [4.78, 5) is 44.8. The third-order valence-electron chi connectivity index (χ3n) is 8.18. The molecule has 0 unspecified atom stereocenters. The predicted molar refractivity (Wildman–Crippen MR) is 148 cm³/mol. The number of alkyl halides is 1. The molecule has 2 atom stereocenters. The van der Waals surface area contributed by atoms with E-state index in [1.165, 1.54) is 4.90 Å². The second-order valence-electron chi connectivity index (χ2n) is 10.0. The van der Waals surface area contributed by atoms with Gasteiger partial charge in [0.1, 0.15) is 6.54 Å². The van der Waals surface area contributed by atoms with Gasteiger partial charge in [-0.25, -0.2) is 0 Å². The van der Waals surface area contributed by atoms with Crippen molar-refractivity contribution in [3.8, 4) is 0 Å². The van der Waals surface area contributed by atoms with Gasteiger partial charge in [-0.15, -0.1) is 0 Å². The van der Waals surface area contributed by atoms with Crippen molar-refractivity contribution in [1.82, 2.24) is 4.90 Å². The number of benzene rings is 4. The van der Waals surface area contributed by atoms with Crippen LogP contribution in [-0.2, 0) is 18.7 Å². The van der Waals surface area contributed by atoms with E-state index in [4.69, 9.17) is 0 Å². The predicted octanol–water partition coefficient (Wildman–Crippen LogP) is 5.75. The lowest BCUT2D eigenvalue weighted by Crippen LogP contribution is -2.50. The molecule has 0 radical (unpaired) electrons. The van der Waals surface area contributed by atoms with Gasteiger partial charge in [0.25, 0.3) is 5.91 Å². The van der Waals surface area contributed by atoms with Crippen molar-refractivity contribution >= 4 is 45.0 Å². The van der Waals surface area contributed by atoms with Gasteiger partial charge in [0, 0.05) is 17.3 Å². The molecule has 8 rings (SSSR count). The molecule has 1 fully saturated rings. The largest absolute Gasteiger partial charge is 0.280 e. The Morgan fingerprint density at radius 2 is 1.18 bits per heavy atom. The number of likely N-dealkylation sites (tertiary alicyclic amines) is 1. The summed E-state index contributed by atoms with van der Waals surface area (Å²) in [5.74, 6) is -2.36. The van der Waals surface area contributed by atoms with E-state index in [-0.39, 0.29) is 30.2 Å². The number of halogens is 1. The van der Waals surface area contributed by atoms with E-state index in [0.29, 0.717) is 11.4 Å². The van der Waals surface area contributed by atoms with Crippen molar-refractivity contribution in [2.45, 2.75) is 10.2 Å². The maximum absolute atomic E-state index is 14.1. The molecule has 1 aliphatic heterocycles. The smallest absolute Gasteiger partial charge is 0.251 e. The third kappa shape index (κ3) is 3.07. The van der Waals surface area contributed by atoms with E-state index in [2.05, 4.69) is 28.1 Å². The number of hydrogen-bond acceptors (Lipinski definition) is 3. The van der Waals surface area contributed by atoms with Crippen molar-refractivity contribution in [2.75, 3.05) is 11.4 Å². The molecule has 4 aromatic carbocycles. The van der Waals surface area contributed by atoms with Gasteiger partial charge < -0.3 is 0 Å². The number of anilines is 2. The second kappa shape index (κ2) is 8.50. The average molecular weight is 563 g/mol. The van der Waals surface area contributed by atoms with Crippen LogP contribution in [0.4, 0.5) is 11.4 Å². The minimum atomic E-state index is -0.831. The first kappa shape index (κ1) is 23.1. The SMILES string of the molecule is O=C1[C@@H]2C3c4ccccc4C(Br)(c4ccccc43)[C@H]2C(=O)N1CC(=O)N(c1ccccc1)c1ccccc1. The number of nitrogens with zero attached hydrogens (tertiary/aromatic N) is 2. The highest BCUT2D eigenvalue weighted by Crippen LogP contribution is 2.66. The summed E-state index contributed by atoms with van der Waals surface area (Å²) in [6.07, 6.45) is 0. The zero-order valence-corrected chi connectivity index (χ0v) is 21.9. The molecule has 38 heavy (non-hydrogen) atoms. The van der Waals surface area contributed by atoms with Gasteiger partial charge in [-0.2, -0.15) is 0 Å². The van der Waals surface area contributed by atoms with Gasteiger partial charge >= 0.3 is 0 Å². The fraction of sp³-hybridized carbons (Fsp3) is 0.156. The Kier molecular flexibility index (Phi) is 5.17. The minimum absolute atomic E-state index is 0.234. The highest BCUT2D eigenvalue weighted by Gasteiger charge is 2.67. The second-order valence-corrected chi connectivity index (χ2v) is 11.3. The molecule has 186 valence electrons. The van der Waals surface area contributed by atoms with Crippen LogP contribution >= 0.6 is 15.9 Å². The van der Waals surface area contributed by atoms with Crippen LogP contribution in [0.2, 0.25) is 0 Å². The summed E-state index contributed by atoms with van der Waals surface area (Å²) < 4.78 is -0.831. The van der Waals surface area contributed by atoms with E-state index >= 15 is 0 Å². The van der Waals surface area contributed by atoms with Gasteiger partial charge in [0.15, 0.2) is 0 Å². The molecule has 0 saturated carbocycles. The molecule has 3 amide bonds. The quantitative estimate of drug-likeness (QED) is 0.235. The molecule has 0 spiro atoms. The molecule has 1 saturated heterocycles. The van der Waals surface area contributed by atoms with E-state index in [1.54, 1.807) is 4.90 Å². The summed E-state index contributed by atoms with van der Waals surface area (Å²) in [6, 6.07) is 34.7. The van der Waals surface area contributed by atoms with Gasteiger partial charge in [-0.1, -0.05) is 101 Å². The lowest BCUT2D eigenvalue weighted by atomic mass is 9.55. The lowest BCUT2D eigenvalue weighted by Gasteiger charge is -2.51. The summed E-state index contributed by atoms with van der Waals surface area (Å²) in [6.45, 7) is -0.322. The Bertz CT molecular complexity index is 1520. The number of carbonyl (C=O) groups excluding carboxylic acids is 3. The van der Waals surface area contributed by atoms with Gasteiger partial charge in [-0.3, -0.25) is 24.2 Å². The first-order chi connectivity index (χ1) is 18.5. The summed E-state index contributed by atoms with van der Waals surface area (Å²) in [7, 11) is 0. The van der Waals surface area contributed by atoms with Crippen molar-refractivity contribution in [3.05, 3.63) is 131 Å². The highest BCUT2D eigenvalue weighted by molar-refractivity contribution is 9.09. The first-order valence-corrected chi connectivity index (χ1v) is 13.5. The molecule has 0 aromatic heterocycles. The summed E-state index contributed by atoms with van der Waals surface area (Å²) in [5.41, 5.74) is 5.53. The Morgan fingerprint density at radius 3 is 1.71 bits per heavy atom. The van der Waals surface area contributed by atoms with Crippen LogP contribution in [-0.4, -0.2) is 29.2 Å². The van der Waals surface area contributed by atoms with Crippen LogP contribution in [0.5, 0.6) is 0 Å². The number of carbonyl (C=O) groups is 3.